The van der Waals surface area contributed by atoms with Crippen molar-refractivity contribution in [2.75, 3.05) is 45.8 Å². The van der Waals surface area contributed by atoms with Gasteiger partial charge in [-0.3, -0.25) is 9.69 Å². The molecule has 1 unspecified atom stereocenters. The molecule has 0 saturated carbocycles. The van der Waals surface area contributed by atoms with Crippen molar-refractivity contribution in [2.45, 2.75) is 32.2 Å². The number of piperidine rings is 1. The van der Waals surface area contributed by atoms with E-state index in [1.54, 1.807) is 32.4 Å². The van der Waals surface area contributed by atoms with Gasteiger partial charge in [-0.05, 0) is 49.4 Å². The van der Waals surface area contributed by atoms with Crippen LogP contribution in [-0.4, -0.2) is 56.4 Å². The topological polar surface area (TPSA) is 80.3 Å². The summed E-state index contributed by atoms with van der Waals surface area (Å²) in [5.41, 5.74) is 1.88. The lowest BCUT2D eigenvalue weighted by Crippen LogP contribution is -2.35. The van der Waals surface area contributed by atoms with Crippen molar-refractivity contribution in [1.29, 1.82) is 0 Å². The van der Waals surface area contributed by atoms with Crippen LogP contribution in [0.2, 0.25) is 0 Å². The summed E-state index contributed by atoms with van der Waals surface area (Å²) in [4.78, 5) is 15.0. The van der Waals surface area contributed by atoms with Crippen molar-refractivity contribution < 1.29 is 24.1 Å². The number of aliphatic hydroxyl groups excluding tert-OH is 1. The van der Waals surface area contributed by atoms with Crippen molar-refractivity contribution >= 4 is 11.6 Å². The molecule has 1 saturated heterocycles. The van der Waals surface area contributed by atoms with Gasteiger partial charge in [0.05, 0.1) is 20.8 Å². The lowest BCUT2D eigenvalue weighted by molar-refractivity contribution is -0.116. The smallest absolute Gasteiger partial charge is 0.224 e. The van der Waals surface area contributed by atoms with Gasteiger partial charge >= 0.3 is 0 Å². The fraction of sp³-hybridized carbons (Fsp3) is 0.480. The number of methoxy groups -OCH3 is 2. The summed E-state index contributed by atoms with van der Waals surface area (Å²) in [5.74, 6) is 2.59. The number of ether oxygens (including phenoxy) is 3. The predicted molar refractivity (Wildman–Crippen MR) is 124 cm³/mol. The molecule has 3 rings (SSSR count). The third kappa shape index (κ3) is 7.43. The standard InChI is InChI=1S/C25H34N2O5/c1-30-23-14-21(15-24(16-23)31-2)26-25(29)9-8-19-6-4-10-27(17-19)18-20-5-3-7-22(13-20)32-12-11-28/h3,5,7,13-16,19,28H,4,6,8-12,17-18H2,1-2H3,(H,26,29). The average Bonchev–Trinajstić information content (AvgIpc) is 2.81. The van der Waals surface area contributed by atoms with Gasteiger partial charge in [0.15, 0.2) is 0 Å². The number of carbonyl (C=O) groups is 1. The van der Waals surface area contributed by atoms with Crippen LogP contribution in [-0.2, 0) is 11.3 Å². The van der Waals surface area contributed by atoms with E-state index in [-0.39, 0.29) is 12.5 Å². The molecule has 0 aromatic heterocycles. The molecule has 32 heavy (non-hydrogen) atoms. The molecule has 0 aliphatic carbocycles. The molecule has 7 heteroatoms. The molecule has 1 amide bonds. The normalized spacial score (nSPS) is 16.4. The SMILES string of the molecule is COc1cc(NC(=O)CCC2CCCN(Cc3cccc(OCCO)c3)C2)cc(OC)c1. The fourth-order valence-corrected chi connectivity index (χ4v) is 4.12. The minimum absolute atomic E-state index is 0.00571. The highest BCUT2D eigenvalue weighted by atomic mass is 16.5. The molecule has 7 nitrogen and oxygen atoms in total. The molecule has 0 bridgehead atoms. The molecular formula is C25H34N2O5. The van der Waals surface area contributed by atoms with Crippen LogP contribution in [0.3, 0.4) is 0 Å². The summed E-state index contributed by atoms with van der Waals surface area (Å²) in [6, 6.07) is 13.4. The third-order valence-corrected chi connectivity index (χ3v) is 5.68. The monoisotopic (exact) mass is 442 g/mol. The maximum atomic E-state index is 12.5. The van der Waals surface area contributed by atoms with Gasteiger partial charge < -0.3 is 24.6 Å². The van der Waals surface area contributed by atoms with E-state index >= 15 is 0 Å². The summed E-state index contributed by atoms with van der Waals surface area (Å²) in [6.45, 7) is 3.23. The first-order chi connectivity index (χ1) is 15.6. The minimum atomic E-state index is 0.00571. The van der Waals surface area contributed by atoms with Gasteiger partial charge in [0.25, 0.3) is 0 Å². The van der Waals surface area contributed by atoms with Crippen LogP contribution in [0.4, 0.5) is 5.69 Å². The number of hydrogen-bond acceptors (Lipinski definition) is 6. The number of carbonyl (C=O) groups excluding carboxylic acids is 1. The molecule has 0 spiro atoms. The number of aliphatic hydroxyl groups is 1. The zero-order valence-electron chi connectivity index (χ0n) is 19.0. The summed E-state index contributed by atoms with van der Waals surface area (Å²) >= 11 is 0. The largest absolute Gasteiger partial charge is 0.497 e. The highest BCUT2D eigenvalue weighted by molar-refractivity contribution is 5.91. The van der Waals surface area contributed by atoms with Crippen molar-refractivity contribution in [3.63, 3.8) is 0 Å². The summed E-state index contributed by atoms with van der Waals surface area (Å²) < 4.78 is 16.1. The second-order valence-corrected chi connectivity index (χ2v) is 8.15. The van der Waals surface area contributed by atoms with E-state index in [9.17, 15) is 4.79 Å². The van der Waals surface area contributed by atoms with Gasteiger partial charge in [-0.25, -0.2) is 0 Å². The number of anilines is 1. The Balaban J connectivity index is 1.47. The summed E-state index contributed by atoms with van der Waals surface area (Å²) in [7, 11) is 3.18. The Morgan fingerprint density at radius 2 is 1.91 bits per heavy atom. The van der Waals surface area contributed by atoms with Crippen LogP contribution >= 0.6 is 0 Å². The van der Waals surface area contributed by atoms with Gasteiger partial charge in [-0.2, -0.15) is 0 Å². The van der Waals surface area contributed by atoms with Crippen LogP contribution < -0.4 is 19.5 Å². The highest BCUT2D eigenvalue weighted by Crippen LogP contribution is 2.27. The second-order valence-electron chi connectivity index (χ2n) is 8.15. The van der Waals surface area contributed by atoms with Crippen LogP contribution in [0.15, 0.2) is 42.5 Å². The van der Waals surface area contributed by atoms with Gasteiger partial charge in [0, 0.05) is 43.4 Å². The number of nitrogens with one attached hydrogen (secondary N) is 1. The molecule has 1 aliphatic rings. The Hall–Kier alpha value is -2.77. The van der Waals surface area contributed by atoms with Crippen molar-refractivity contribution in [3.8, 4) is 17.2 Å². The van der Waals surface area contributed by atoms with E-state index in [1.165, 1.54) is 5.56 Å². The Morgan fingerprint density at radius 3 is 2.62 bits per heavy atom. The van der Waals surface area contributed by atoms with E-state index in [4.69, 9.17) is 19.3 Å². The molecule has 1 heterocycles. The van der Waals surface area contributed by atoms with Crippen LogP contribution in [0.5, 0.6) is 17.2 Å². The number of likely N-dealkylation sites (tertiary alicyclic amines) is 1. The number of rotatable bonds is 11. The van der Waals surface area contributed by atoms with Gasteiger partial charge in [0.1, 0.15) is 23.9 Å². The summed E-state index contributed by atoms with van der Waals surface area (Å²) in [6.07, 6.45) is 3.64. The number of nitrogens with zero attached hydrogens (tertiary/aromatic N) is 1. The Kier molecular flexibility index (Phi) is 9.19. The van der Waals surface area contributed by atoms with Crippen molar-refractivity contribution in [3.05, 3.63) is 48.0 Å². The zero-order valence-corrected chi connectivity index (χ0v) is 19.0. The van der Waals surface area contributed by atoms with E-state index in [0.717, 1.165) is 44.6 Å². The van der Waals surface area contributed by atoms with E-state index < -0.39 is 0 Å². The maximum Gasteiger partial charge on any atom is 0.224 e. The Bertz CT molecular complexity index is 851. The second kappa shape index (κ2) is 12.3. The molecule has 1 atom stereocenters. The lowest BCUT2D eigenvalue weighted by Gasteiger charge is -2.32. The number of benzene rings is 2. The van der Waals surface area contributed by atoms with Crippen LogP contribution in [0, 0.1) is 5.92 Å². The molecule has 1 fully saturated rings. The van der Waals surface area contributed by atoms with Crippen LogP contribution in [0.1, 0.15) is 31.2 Å². The lowest BCUT2D eigenvalue weighted by atomic mass is 9.93. The highest BCUT2D eigenvalue weighted by Gasteiger charge is 2.21. The maximum absolute atomic E-state index is 12.5. The quantitative estimate of drug-likeness (QED) is 0.552. The molecule has 2 N–H and O–H groups in total. The van der Waals surface area contributed by atoms with Crippen molar-refractivity contribution in [1.82, 2.24) is 4.90 Å². The Labute approximate surface area is 190 Å². The van der Waals surface area contributed by atoms with Crippen LogP contribution in [0.25, 0.3) is 0 Å². The third-order valence-electron chi connectivity index (χ3n) is 5.68. The molecule has 1 aliphatic heterocycles. The molecule has 0 radical (unpaired) electrons. The number of amides is 1. The first-order valence-corrected chi connectivity index (χ1v) is 11.2. The first kappa shape index (κ1) is 23.9. The summed E-state index contributed by atoms with van der Waals surface area (Å²) in [5, 5.41) is 11.9. The first-order valence-electron chi connectivity index (χ1n) is 11.2. The molecule has 174 valence electrons. The average molecular weight is 443 g/mol. The van der Waals surface area contributed by atoms with Gasteiger partial charge in [-0.1, -0.05) is 12.1 Å². The Morgan fingerprint density at radius 1 is 1.12 bits per heavy atom. The molecule has 2 aromatic carbocycles. The predicted octanol–water partition coefficient (Wildman–Crippen LogP) is 3.71. The number of hydrogen-bond donors (Lipinski definition) is 2. The molecule has 2 aromatic rings. The van der Waals surface area contributed by atoms with E-state index in [1.807, 2.05) is 18.2 Å². The minimum Gasteiger partial charge on any atom is -0.497 e. The van der Waals surface area contributed by atoms with E-state index in [2.05, 4.69) is 16.3 Å². The fourth-order valence-electron chi connectivity index (χ4n) is 4.12. The van der Waals surface area contributed by atoms with Gasteiger partial charge in [0.2, 0.25) is 5.91 Å². The van der Waals surface area contributed by atoms with E-state index in [0.29, 0.717) is 36.1 Å². The van der Waals surface area contributed by atoms with Gasteiger partial charge in [-0.15, -0.1) is 0 Å². The molecular weight excluding hydrogens is 408 g/mol. The van der Waals surface area contributed by atoms with Crippen molar-refractivity contribution in [2.24, 2.45) is 5.92 Å². The zero-order chi connectivity index (χ0) is 22.8.